The van der Waals surface area contributed by atoms with Crippen LogP contribution in [-0.4, -0.2) is 21.0 Å². The number of nitrogens with one attached hydrogen (secondary N) is 1. The summed E-state index contributed by atoms with van der Waals surface area (Å²) in [6, 6.07) is 7.52. The Morgan fingerprint density at radius 3 is 2.52 bits per heavy atom. The molecule has 2 aromatic rings. The fraction of sp³-hybridized carbons (Fsp3) is 0.333. The third kappa shape index (κ3) is 4.26. The van der Waals surface area contributed by atoms with E-state index in [1.165, 1.54) is 0 Å². The van der Waals surface area contributed by atoms with E-state index in [2.05, 4.69) is 10.5 Å². The largest absolute Gasteiger partial charge is 0.361 e. The number of hydrogen-bond acceptors (Lipinski definition) is 4. The topological polar surface area (TPSA) is 72.2 Å². The van der Waals surface area contributed by atoms with E-state index in [0.717, 1.165) is 16.8 Å². The molecule has 0 aliphatic rings. The van der Waals surface area contributed by atoms with Gasteiger partial charge in [-0.15, -0.1) is 0 Å². The predicted molar refractivity (Wildman–Crippen MR) is 82.5 cm³/mol. The molecule has 0 radical (unpaired) electrons. The second kappa shape index (κ2) is 6.67. The lowest BCUT2D eigenvalue weighted by Crippen LogP contribution is -2.21. The number of carbonyl (C=O) groups excluding carboxylic acids is 1. The summed E-state index contributed by atoms with van der Waals surface area (Å²) >= 11 is 0. The number of aryl methyl sites for hydroxylation is 3. The number of nitrogens with zero attached hydrogens (tertiary/aromatic N) is 1. The van der Waals surface area contributed by atoms with Gasteiger partial charge >= 0.3 is 0 Å². The van der Waals surface area contributed by atoms with Crippen LogP contribution in [-0.2, 0) is 21.3 Å². The monoisotopic (exact) mass is 306 g/mol. The van der Waals surface area contributed by atoms with E-state index in [-0.39, 0.29) is 17.4 Å². The fourth-order valence-corrected chi connectivity index (χ4v) is 2.97. The lowest BCUT2D eigenvalue weighted by molar-refractivity contribution is -0.113. The van der Waals surface area contributed by atoms with Gasteiger partial charge in [-0.25, -0.2) is 0 Å². The molecule has 1 N–H and O–H groups in total. The zero-order valence-electron chi connectivity index (χ0n) is 12.3. The molecule has 1 aromatic carbocycles. The highest BCUT2D eigenvalue weighted by Gasteiger charge is 2.13. The normalized spacial score (nSPS) is 12.1. The van der Waals surface area contributed by atoms with Gasteiger partial charge in [-0.3, -0.25) is 9.00 Å². The maximum Gasteiger partial charge on any atom is 0.237 e. The summed E-state index contributed by atoms with van der Waals surface area (Å²) in [7, 11) is -1.31. The molecule has 0 fully saturated rings. The summed E-state index contributed by atoms with van der Waals surface area (Å²) in [4.78, 5) is 12.0. The average Bonchev–Trinajstić information content (AvgIpc) is 2.79. The maximum absolute atomic E-state index is 12.0. The molecular formula is C15H18N2O3S. The molecule has 1 aromatic heterocycles. The van der Waals surface area contributed by atoms with Gasteiger partial charge in [0.05, 0.1) is 11.4 Å². The van der Waals surface area contributed by atoms with Crippen LogP contribution < -0.4 is 5.32 Å². The number of benzene rings is 1. The zero-order valence-corrected chi connectivity index (χ0v) is 13.1. The predicted octanol–water partition coefficient (Wildman–Crippen LogP) is 2.49. The highest BCUT2D eigenvalue weighted by molar-refractivity contribution is 7.84. The van der Waals surface area contributed by atoms with Crippen LogP contribution in [0.2, 0.25) is 0 Å². The summed E-state index contributed by atoms with van der Waals surface area (Å²) in [6.45, 7) is 5.63. The molecule has 0 unspecified atom stereocenters. The van der Waals surface area contributed by atoms with Gasteiger partial charge in [0.1, 0.15) is 11.5 Å². The molecule has 5 nitrogen and oxygen atoms in total. The Hall–Kier alpha value is -1.95. The Morgan fingerprint density at radius 1 is 1.29 bits per heavy atom. The lowest BCUT2D eigenvalue weighted by Gasteiger charge is -2.11. The molecule has 21 heavy (non-hydrogen) atoms. The SMILES string of the molecule is Cc1cc(C[S@](=O)CC(=O)Nc2c(C)cccc2C)no1. The van der Waals surface area contributed by atoms with Gasteiger partial charge in [-0.2, -0.15) is 0 Å². The first-order valence-electron chi connectivity index (χ1n) is 6.59. The Kier molecular flexibility index (Phi) is 4.90. The Bertz CT molecular complexity index is 659. The third-order valence-corrected chi connectivity index (χ3v) is 4.23. The molecule has 1 atom stereocenters. The smallest absolute Gasteiger partial charge is 0.237 e. The number of amides is 1. The maximum atomic E-state index is 12.0. The van der Waals surface area contributed by atoms with Crippen molar-refractivity contribution in [3.63, 3.8) is 0 Å². The van der Waals surface area contributed by atoms with E-state index in [4.69, 9.17) is 4.52 Å². The Labute approximate surface area is 126 Å². The summed E-state index contributed by atoms with van der Waals surface area (Å²) in [5.74, 6) is 0.574. The van der Waals surface area contributed by atoms with Gasteiger partial charge in [-0.05, 0) is 31.9 Å². The van der Waals surface area contributed by atoms with Gasteiger partial charge in [0.15, 0.2) is 0 Å². The second-order valence-corrected chi connectivity index (χ2v) is 6.43. The minimum Gasteiger partial charge on any atom is -0.361 e. The summed E-state index contributed by atoms with van der Waals surface area (Å²) in [5.41, 5.74) is 3.37. The molecule has 112 valence electrons. The molecule has 0 spiro atoms. The van der Waals surface area contributed by atoms with Crippen LogP contribution in [0.15, 0.2) is 28.8 Å². The molecular weight excluding hydrogens is 288 g/mol. The van der Waals surface area contributed by atoms with Crippen LogP contribution >= 0.6 is 0 Å². The van der Waals surface area contributed by atoms with E-state index < -0.39 is 10.8 Å². The van der Waals surface area contributed by atoms with Crippen LogP contribution in [0.4, 0.5) is 5.69 Å². The first-order chi connectivity index (χ1) is 9.95. The number of anilines is 1. The lowest BCUT2D eigenvalue weighted by atomic mass is 10.1. The first kappa shape index (κ1) is 15.4. The Morgan fingerprint density at radius 2 is 1.95 bits per heavy atom. The van der Waals surface area contributed by atoms with E-state index in [9.17, 15) is 9.00 Å². The van der Waals surface area contributed by atoms with E-state index >= 15 is 0 Å². The molecule has 0 aliphatic carbocycles. The van der Waals surface area contributed by atoms with Crippen molar-refractivity contribution >= 4 is 22.4 Å². The van der Waals surface area contributed by atoms with E-state index in [0.29, 0.717) is 11.5 Å². The first-order valence-corrected chi connectivity index (χ1v) is 8.07. The highest BCUT2D eigenvalue weighted by Crippen LogP contribution is 2.19. The molecule has 6 heteroatoms. The number of hydrogen-bond donors (Lipinski definition) is 1. The number of para-hydroxylation sites is 1. The van der Waals surface area contributed by atoms with Crippen molar-refractivity contribution in [1.29, 1.82) is 0 Å². The third-order valence-electron chi connectivity index (χ3n) is 3.02. The van der Waals surface area contributed by atoms with Crippen LogP contribution in [0.1, 0.15) is 22.6 Å². The molecule has 1 amide bonds. The highest BCUT2D eigenvalue weighted by atomic mass is 32.2. The molecule has 0 saturated carbocycles. The quantitative estimate of drug-likeness (QED) is 0.921. The van der Waals surface area contributed by atoms with Gasteiger partial charge in [0.2, 0.25) is 5.91 Å². The van der Waals surface area contributed by atoms with Gasteiger partial charge in [-0.1, -0.05) is 23.4 Å². The van der Waals surface area contributed by atoms with Crippen LogP contribution in [0.3, 0.4) is 0 Å². The summed E-state index contributed by atoms with van der Waals surface area (Å²) in [5, 5.41) is 6.60. The molecule has 0 aliphatic heterocycles. The van der Waals surface area contributed by atoms with E-state index in [1.54, 1.807) is 13.0 Å². The van der Waals surface area contributed by atoms with Crippen molar-refractivity contribution in [1.82, 2.24) is 5.16 Å². The average molecular weight is 306 g/mol. The van der Waals surface area contributed by atoms with Crippen LogP contribution in [0.25, 0.3) is 0 Å². The molecule has 0 bridgehead atoms. The van der Waals surface area contributed by atoms with Crippen LogP contribution in [0, 0.1) is 20.8 Å². The molecule has 0 saturated heterocycles. The number of rotatable bonds is 5. The fourth-order valence-electron chi connectivity index (χ4n) is 2.04. The van der Waals surface area contributed by atoms with Crippen molar-refractivity contribution in [3.05, 3.63) is 46.8 Å². The van der Waals surface area contributed by atoms with Gasteiger partial charge < -0.3 is 9.84 Å². The summed E-state index contributed by atoms with van der Waals surface area (Å²) in [6.07, 6.45) is 0. The van der Waals surface area contributed by atoms with Crippen molar-refractivity contribution in [2.75, 3.05) is 11.1 Å². The minimum atomic E-state index is -1.31. The number of aromatic nitrogens is 1. The summed E-state index contributed by atoms with van der Waals surface area (Å²) < 4.78 is 16.9. The Balaban J connectivity index is 1.94. The minimum absolute atomic E-state index is 0.0559. The standard InChI is InChI=1S/C15H18N2O3S/c1-10-5-4-6-11(2)15(10)16-14(18)9-21(19)8-13-7-12(3)20-17-13/h4-7H,8-9H2,1-3H3,(H,16,18)/t21-/m0/s1. The second-order valence-electron chi connectivity index (χ2n) is 4.97. The van der Waals surface area contributed by atoms with Gasteiger partial charge in [0, 0.05) is 22.6 Å². The van der Waals surface area contributed by atoms with Crippen molar-refractivity contribution in [3.8, 4) is 0 Å². The number of carbonyl (C=O) groups is 1. The van der Waals surface area contributed by atoms with Crippen LogP contribution in [0.5, 0.6) is 0 Å². The van der Waals surface area contributed by atoms with E-state index in [1.807, 2.05) is 32.0 Å². The van der Waals surface area contributed by atoms with Crippen molar-refractivity contribution in [2.24, 2.45) is 0 Å². The molecule has 1 heterocycles. The molecule has 2 rings (SSSR count). The van der Waals surface area contributed by atoms with Gasteiger partial charge in [0.25, 0.3) is 0 Å². The van der Waals surface area contributed by atoms with Crippen molar-refractivity contribution < 1.29 is 13.5 Å². The van der Waals surface area contributed by atoms with Crippen molar-refractivity contribution in [2.45, 2.75) is 26.5 Å². The zero-order chi connectivity index (χ0) is 15.4.